The number of amides is 1. The second-order valence-corrected chi connectivity index (χ2v) is 4.22. The van der Waals surface area contributed by atoms with Gasteiger partial charge >= 0.3 is 0 Å². The molecular formula is C12H16FN3O. The van der Waals surface area contributed by atoms with Crippen LogP contribution < -0.4 is 16.0 Å². The van der Waals surface area contributed by atoms with Gasteiger partial charge in [0.05, 0.1) is 11.3 Å². The quantitative estimate of drug-likeness (QED) is 0.814. The van der Waals surface area contributed by atoms with Crippen LogP contribution in [0, 0.1) is 5.82 Å². The van der Waals surface area contributed by atoms with Crippen molar-refractivity contribution >= 4 is 11.6 Å². The molecule has 1 aromatic rings. The molecule has 0 bridgehead atoms. The van der Waals surface area contributed by atoms with E-state index >= 15 is 0 Å². The molecule has 0 radical (unpaired) electrons. The molecule has 3 N–H and O–H groups in total. The second kappa shape index (κ2) is 4.71. The van der Waals surface area contributed by atoms with Crippen LogP contribution in [-0.2, 0) is 0 Å². The van der Waals surface area contributed by atoms with E-state index in [-0.39, 0.29) is 5.56 Å². The number of anilines is 1. The number of hydrogen-bond donors (Lipinski definition) is 2. The Hall–Kier alpha value is -1.62. The minimum absolute atomic E-state index is 0.00995. The number of nitrogens with one attached hydrogen (secondary N) is 1. The van der Waals surface area contributed by atoms with Gasteiger partial charge in [0.15, 0.2) is 0 Å². The third-order valence-corrected chi connectivity index (χ3v) is 3.18. The molecule has 1 saturated heterocycles. The maximum Gasteiger partial charge on any atom is 0.253 e. The Labute approximate surface area is 99.6 Å². The first-order chi connectivity index (χ1) is 8.13. The van der Waals surface area contributed by atoms with Gasteiger partial charge in [-0.3, -0.25) is 4.79 Å². The molecule has 4 nitrogen and oxygen atoms in total. The van der Waals surface area contributed by atoms with E-state index in [9.17, 15) is 9.18 Å². The molecule has 1 aliphatic heterocycles. The molecule has 0 aliphatic carbocycles. The lowest BCUT2D eigenvalue weighted by Gasteiger charge is -2.21. The van der Waals surface area contributed by atoms with E-state index in [0.717, 1.165) is 19.5 Å². The summed E-state index contributed by atoms with van der Waals surface area (Å²) in [5.74, 6) is -1.27. The minimum Gasteiger partial charge on any atom is -0.369 e. The highest BCUT2D eigenvalue weighted by atomic mass is 19.1. The van der Waals surface area contributed by atoms with E-state index in [4.69, 9.17) is 5.73 Å². The third kappa shape index (κ3) is 2.24. The molecule has 1 fully saturated rings. The van der Waals surface area contributed by atoms with Gasteiger partial charge in [-0.15, -0.1) is 0 Å². The summed E-state index contributed by atoms with van der Waals surface area (Å²) in [6.07, 6.45) is 0.977. The molecule has 17 heavy (non-hydrogen) atoms. The topological polar surface area (TPSA) is 58.4 Å². The van der Waals surface area contributed by atoms with E-state index in [1.165, 1.54) is 6.07 Å². The van der Waals surface area contributed by atoms with Gasteiger partial charge in [-0.2, -0.15) is 0 Å². The number of hydrogen-bond acceptors (Lipinski definition) is 3. The lowest BCUT2D eigenvalue weighted by atomic mass is 10.1. The monoisotopic (exact) mass is 237 g/mol. The summed E-state index contributed by atoms with van der Waals surface area (Å²) in [6, 6.07) is 4.97. The molecule has 1 aliphatic rings. The number of primary amides is 1. The zero-order valence-corrected chi connectivity index (χ0v) is 9.74. The van der Waals surface area contributed by atoms with Crippen LogP contribution in [0.1, 0.15) is 16.8 Å². The Morgan fingerprint density at radius 1 is 1.59 bits per heavy atom. The largest absolute Gasteiger partial charge is 0.369 e. The van der Waals surface area contributed by atoms with E-state index in [0.29, 0.717) is 11.7 Å². The van der Waals surface area contributed by atoms with Crippen LogP contribution in [0.15, 0.2) is 18.2 Å². The number of halogens is 1. The van der Waals surface area contributed by atoms with Gasteiger partial charge in [0, 0.05) is 19.1 Å². The summed E-state index contributed by atoms with van der Waals surface area (Å²) in [5.41, 5.74) is 5.81. The fourth-order valence-electron chi connectivity index (χ4n) is 2.23. The predicted molar refractivity (Wildman–Crippen MR) is 64.6 cm³/mol. The van der Waals surface area contributed by atoms with Crippen molar-refractivity contribution in [2.45, 2.75) is 12.5 Å². The molecular weight excluding hydrogens is 221 g/mol. The molecule has 2 rings (SSSR count). The molecule has 1 amide bonds. The first-order valence-corrected chi connectivity index (χ1v) is 5.64. The Morgan fingerprint density at radius 3 is 2.94 bits per heavy atom. The number of nitrogens with two attached hydrogens (primary N) is 1. The van der Waals surface area contributed by atoms with Gasteiger partial charge in [0.25, 0.3) is 5.91 Å². The predicted octanol–water partition coefficient (Wildman–Crippen LogP) is 0.723. The van der Waals surface area contributed by atoms with Gasteiger partial charge in [0.2, 0.25) is 0 Å². The van der Waals surface area contributed by atoms with Crippen molar-refractivity contribution in [1.82, 2.24) is 5.32 Å². The molecule has 92 valence electrons. The highest BCUT2D eigenvalue weighted by Crippen LogP contribution is 2.26. The zero-order valence-electron chi connectivity index (χ0n) is 9.74. The molecule has 0 spiro atoms. The Kier molecular flexibility index (Phi) is 3.28. The molecule has 1 aromatic carbocycles. The van der Waals surface area contributed by atoms with Gasteiger partial charge in [-0.05, 0) is 25.6 Å². The number of carbonyl (C=O) groups excluding carboxylic acids is 1. The number of benzene rings is 1. The highest BCUT2D eigenvalue weighted by Gasteiger charge is 2.25. The molecule has 1 unspecified atom stereocenters. The van der Waals surface area contributed by atoms with Crippen molar-refractivity contribution in [2.24, 2.45) is 5.73 Å². The summed E-state index contributed by atoms with van der Waals surface area (Å²) in [6.45, 7) is 1.56. The van der Waals surface area contributed by atoms with Crippen molar-refractivity contribution in [3.8, 4) is 0 Å². The molecule has 0 saturated carbocycles. The van der Waals surface area contributed by atoms with Crippen molar-refractivity contribution in [2.75, 3.05) is 25.0 Å². The Balaban J connectivity index is 2.33. The summed E-state index contributed by atoms with van der Waals surface area (Å²) >= 11 is 0. The van der Waals surface area contributed by atoms with Crippen LogP contribution in [0.5, 0.6) is 0 Å². The fourth-order valence-corrected chi connectivity index (χ4v) is 2.23. The van der Waals surface area contributed by atoms with Crippen LogP contribution in [0.2, 0.25) is 0 Å². The molecule has 0 aromatic heterocycles. The van der Waals surface area contributed by atoms with Crippen LogP contribution in [0.3, 0.4) is 0 Å². The Bertz CT molecular complexity index is 436. The maximum absolute atomic E-state index is 13.6. The molecule has 5 heteroatoms. The summed E-state index contributed by atoms with van der Waals surface area (Å²) in [4.78, 5) is 13.3. The van der Waals surface area contributed by atoms with Crippen LogP contribution in [0.25, 0.3) is 0 Å². The van der Waals surface area contributed by atoms with Crippen LogP contribution >= 0.6 is 0 Å². The number of carbonyl (C=O) groups is 1. The average Bonchev–Trinajstić information content (AvgIpc) is 2.76. The smallest absolute Gasteiger partial charge is 0.253 e. The van der Waals surface area contributed by atoms with Gasteiger partial charge < -0.3 is 16.0 Å². The fraction of sp³-hybridized carbons (Fsp3) is 0.417. The van der Waals surface area contributed by atoms with Crippen molar-refractivity contribution in [1.29, 1.82) is 0 Å². The van der Waals surface area contributed by atoms with Crippen LogP contribution in [0.4, 0.5) is 10.1 Å². The van der Waals surface area contributed by atoms with E-state index < -0.39 is 11.7 Å². The summed E-state index contributed by atoms with van der Waals surface area (Å²) in [7, 11) is 1.90. The molecule has 1 heterocycles. The van der Waals surface area contributed by atoms with Crippen molar-refractivity contribution in [3.63, 3.8) is 0 Å². The standard InChI is InChI=1S/C12H16FN3O/c1-15-8-5-6-16(7-8)10-4-2-3-9(13)11(10)12(14)17/h2-4,8,15H,5-7H2,1H3,(H2,14,17). The minimum atomic E-state index is -0.717. The number of rotatable bonds is 3. The van der Waals surface area contributed by atoms with E-state index in [1.807, 2.05) is 11.9 Å². The van der Waals surface area contributed by atoms with Gasteiger partial charge in [-0.25, -0.2) is 4.39 Å². The normalized spacial score (nSPS) is 19.6. The molecule has 1 atom stereocenters. The zero-order chi connectivity index (χ0) is 12.4. The van der Waals surface area contributed by atoms with Gasteiger partial charge in [-0.1, -0.05) is 6.07 Å². The number of nitrogens with zero attached hydrogens (tertiary/aromatic N) is 1. The lowest BCUT2D eigenvalue weighted by molar-refractivity contribution is 0.0997. The average molecular weight is 237 g/mol. The maximum atomic E-state index is 13.6. The second-order valence-electron chi connectivity index (χ2n) is 4.22. The third-order valence-electron chi connectivity index (χ3n) is 3.18. The summed E-state index contributed by atoms with van der Waals surface area (Å²) < 4.78 is 13.6. The van der Waals surface area contributed by atoms with Crippen LogP contribution in [-0.4, -0.2) is 32.1 Å². The lowest BCUT2D eigenvalue weighted by Crippen LogP contribution is -2.31. The van der Waals surface area contributed by atoms with E-state index in [2.05, 4.69) is 5.32 Å². The Morgan fingerprint density at radius 2 is 2.35 bits per heavy atom. The van der Waals surface area contributed by atoms with Crippen molar-refractivity contribution < 1.29 is 9.18 Å². The SMILES string of the molecule is CNC1CCN(c2cccc(F)c2C(N)=O)C1. The van der Waals surface area contributed by atoms with Crippen molar-refractivity contribution in [3.05, 3.63) is 29.6 Å². The first kappa shape index (κ1) is 11.9. The summed E-state index contributed by atoms with van der Waals surface area (Å²) in [5, 5.41) is 3.18. The first-order valence-electron chi connectivity index (χ1n) is 5.64. The van der Waals surface area contributed by atoms with E-state index in [1.54, 1.807) is 12.1 Å². The van der Waals surface area contributed by atoms with Gasteiger partial charge in [0.1, 0.15) is 5.82 Å². The number of likely N-dealkylation sites (N-methyl/N-ethyl adjacent to an activating group) is 1. The highest BCUT2D eigenvalue weighted by molar-refractivity contribution is 5.99.